The van der Waals surface area contributed by atoms with E-state index in [0.717, 1.165) is 22.3 Å². The molecule has 0 heterocycles. The van der Waals surface area contributed by atoms with Gasteiger partial charge in [-0.25, -0.2) is 9.59 Å². The topological polar surface area (TPSA) is 416 Å². The number of ether oxygens (including phenoxy) is 1. The number of nitrogens with one attached hydrogen (secondary N) is 9. The lowest BCUT2D eigenvalue weighted by Gasteiger charge is -2.29. The lowest BCUT2D eigenvalue weighted by Crippen LogP contribution is -2.61. The van der Waals surface area contributed by atoms with Crippen molar-refractivity contribution < 1.29 is 62.6 Å². The third-order valence-electron chi connectivity index (χ3n) is 13.4. The van der Waals surface area contributed by atoms with E-state index in [4.69, 9.17) is 21.9 Å². The fourth-order valence-corrected chi connectivity index (χ4v) is 9.23. The van der Waals surface area contributed by atoms with E-state index in [1.807, 2.05) is 48.5 Å². The van der Waals surface area contributed by atoms with Crippen LogP contribution in [-0.4, -0.2) is 145 Å². The predicted molar refractivity (Wildman–Crippen MR) is 311 cm³/mol. The largest absolute Gasteiger partial charge is 0.480 e. The number of carbonyl (C=O) groups is 11. The molecule has 0 radical (unpaired) electrons. The number of amides is 10. The highest BCUT2D eigenvalue weighted by molar-refractivity contribution is 5.99. The number of aliphatic imine (C=N–C) groups is 1. The number of aliphatic carboxylic acids is 1. The number of carbonyl (C=O) groups excluding carboxylic acids is 10. The number of nitrogens with two attached hydrogens (primary N) is 3. The number of guanidine groups is 1. The maximum Gasteiger partial charge on any atom is 0.407 e. The summed E-state index contributed by atoms with van der Waals surface area (Å²) in [5, 5.41) is 32.0. The lowest BCUT2D eigenvalue weighted by atomic mass is 9.98. The Morgan fingerprint density at radius 2 is 1.05 bits per heavy atom. The van der Waals surface area contributed by atoms with Gasteiger partial charge in [0, 0.05) is 18.9 Å². The van der Waals surface area contributed by atoms with E-state index >= 15 is 0 Å². The van der Waals surface area contributed by atoms with Crippen molar-refractivity contribution in [3.8, 4) is 11.1 Å². The Bertz CT molecular complexity index is 2800. The molecule has 3 aromatic carbocycles. The molecule has 0 fully saturated rings. The maximum atomic E-state index is 14.2. The molecule has 1 aliphatic rings. The van der Waals surface area contributed by atoms with E-state index in [-0.39, 0.29) is 69.0 Å². The Morgan fingerprint density at radius 3 is 1.61 bits per heavy atom. The first-order chi connectivity index (χ1) is 39.7. The van der Waals surface area contributed by atoms with Crippen molar-refractivity contribution in [1.29, 1.82) is 0 Å². The van der Waals surface area contributed by atoms with Gasteiger partial charge in [0.1, 0.15) is 55.4 Å². The smallest absolute Gasteiger partial charge is 0.407 e. The molecule has 26 heteroatoms. The molecule has 0 spiro atoms. The average Bonchev–Trinajstić information content (AvgIpc) is 3.11. The van der Waals surface area contributed by atoms with Gasteiger partial charge in [-0.15, -0.1) is 0 Å². The molecule has 0 aromatic heterocycles. The van der Waals surface area contributed by atoms with Gasteiger partial charge in [0.15, 0.2) is 5.96 Å². The SMILES string of the molecule is CC(C)C[C@H](NC(=O)CNC(=O)[C@H](C)NC(=O)[C@H](Cc1ccccc1)NC(=O)[C@H](CC(N)=O)NC(=O)[C@@H](NC(=O)[C@H](CC(C)C)NC(=O)[C@H](CCCN=C(N)N)NC(=O)CNC(=O)OCC1c2ccccc2-c2ccccc21)C(C)C)C(=O)O. The Hall–Kier alpha value is -9.10. The summed E-state index contributed by atoms with van der Waals surface area (Å²) < 4.78 is 5.56. The molecule has 3 aromatic rings. The van der Waals surface area contributed by atoms with Gasteiger partial charge in [-0.05, 0) is 78.2 Å². The van der Waals surface area contributed by atoms with Crippen LogP contribution in [0.5, 0.6) is 0 Å². The minimum absolute atomic E-state index is 0.00823. The van der Waals surface area contributed by atoms with Gasteiger partial charge in [0.25, 0.3) is 0 Å². The maximum absolute atomic E-state index is 14.2. The second-order valence-electron chi connectivity index (χ2n) is 21.7. The van der Waals surface area contributed by atoms with E-state index in [1.54, 1.807) is 71.9 Å². The summed E-state index contributed by atoms with van der Waals surface area (Å²) in [6.45, 7) is 10.5. The number of nitrogens with zero attached hydrogens (tertiary/aromatic N) is 1. The molecule has 0 aliphatic heterocycles. The zero-order chi connectivity index (χ0) is 62.2. The number of fused-ring (bicyclic) bond motifs is 3. The number of rotatable bonds is 33. The molecule has 0 unspecified atom stereocenters. The second-order valence-corrected chi connectivity index (χ2v) is 21.7. The molecular weight excluding hydrogens is 1090 g/mol. The summed E-state index contributed by atoms with van der Waals surface area (Å²) in [5.74, 6) is -10.5. The van der Waals surface area contributed by atoms with E-state index in [2.05, 4.69) is 52.8 Å². The fourth-order valence-electron chi connectivity index (χ4n) is 9.23. The molecule has 0 saturated carbocycles. The molecule has 16 N–H and O–H groups in total. The molecule has 0 saturated heterocycles. The fraction of sp³-hybridized carbons (Fsp3) is 0.483. The third kappa shape index (κ3) is 22.0. The molecule has 456 valence electrons. The van der Waals surface area contributed by atoms with Crippen molar-refractivity contribution in [2.45, 2.75) is 135 Å². The monoisotopic (exact) mass is 1170 g/mol. The van der Waals surface area contributed by atoms with Gasteiger partial charge >= 0.3 is 12.1 Å². The number of carboxylic acid groups (broad SMARTS) is 1. The number of hydrogen-bond donors (Lipinski definition) is 13. The van der Waals surface area contributed by atoms with Crippen molar-refractivity contribution in [3.05, 3.63) is 95.6 Å². The molecule has 1 aliphatic carbocycles. The number of carboxylic acids is 1. The Kier molecular flexibility index (Phi) is 26.6. The Morgan fingerprint density at radius 1 is 0.548 bits per heavy atom. The van der Waals surface area contributed by atoms with Gasteiger partial charge in [-0.1, -0.05) is 120 Å². The van der Waals surface area contributed by atoms with Crippen LogP contribution in [0.2, 0.25) is 0 Å². The zero-order valence-electron chi connectivity index (χ0n) is 48.5. The van der Waals surface area contributed by atoms with Gasteiger partial charge in [0.05, 0.1) is 13.0 Å². The predicted octanol–water partition coefficient (Wildman–Crippen LogP) is 0.0593. The van der Waals surface area contributed by atoms with Crippen LogP contribution < -0.4 is 65.1 Å². The van der Waals surface area contributed by atoms with Crippen LogP contribution in [0.25, 0.3) is 11.1 Å². The zero-order valence-corrected chi connectivity index (χ0v) is 48.5. The van der Waals surface area contributed by atoms with Crippen LogP contribution in [0.4, 0.5) is 4.79 Å². The summed E-state index contributed by atoms with van der Waals surface area (Å²) in [6, 6.07) is 14.4. The lowest BCUT2D eigenvalue weighted by molar-refractivity contribution is -0.142. The molecule has 4 rings (SSSR count). The highest BCUT2D eigenvalue weighted by atomic mass is 16.5. The number of benzene rings is 3. The Balaban J connectivity index is 1.43. The van der Waals surface area contributed by atoms with Crippen LogP contribution in [0.1, 0.15) is 103 Å². The molecule has 84 heavy (non-hydrogen) atoms. The highest BCUT2D eigenvalue weighted by Crippen LogP contribution is 2.44. The van der Waals surface area contributed by atoms with Crippen molar-refractivity contribution in [1.82, 2.24) is 47.9 Å². The first kappa shape index (κ1) is 67.4. The summed E-state index contributed by atoms with van der Waals surface area (Å²) in [7, 11) is 0. The van der Waals surface area contributed by atoms with Crippen molar-refractivity contribution in [2.75, 3.05) is 26.2 Å². The second kappa shape index (κ2) is 33.1. The van der Waals surface area contributed by atoms with Crippen LogP contribution in [0, 0.1) is 17.8 Å². The van der Waals surface area contributed by atoms with Crippen molar-refractivity contribution in [2.24, 2.45) is 39.9 Å². The first-order valence-electron chi connectivity index (χ1n) is 27.8. The van der Waals surface area contributed by atoms with Crippen LogP contribution in [0.3, 0.4) is 0 Å². The number of hydrogen-bond acceptors (Lipinski definition) is 13. The molecule has 26 nitrogen and oxygen atoms in total. The normalized spacial score (nSPS) is 14.1. The minimum atomic E-state index is -1.71. The van der Waals surface area contributed by atoms with E-state index in [0.29, 0.717) is 5.56 Å². The summed E-state index contributed by atoms with van der Waals surface area (Å²) in [4.78, 5) is 150. The molecule has 0 bridgehead atoms. The summed E-state index contributed by atoms with van der Waals surface area (Å²) >= 11 is 0. The van der Waals surface area contributed by atoms with Crippen LogP contribution in [0.15, 0.2) is 83.9 Å². The van der Waals surface area contributed by atoms with Gasteiger partial charge < -0.3 is 74.9 Å². The summed E-state index contributed by atoms with van der Waals surface area (Å²) in [6.07, 6.45) is -1.42. The quantitative estimate of drug-likeness (QED) is 0.0218. The number of alkyl carbamates (subject to hydrolysis) is 1. The minimum Gasteiger partial charge on any atom is -0.480 e. The third-order valence-corrected chi connectivity index (χ3v) is 13.4. The van der Waals surface area contributed by atoms with Crippen molar-refractivity contribution in [3.63, 3.8) is 0 Å². The molecule has 10 amide bonds. The Labute approximate surface area is 488 Å². The van der Waals surface area contributed by atoms with E-state index < -0.39 is 133 Å². The first-order valence-corrected chi connectivity index (χ1v) is 27.8. The van der Waals surface area contributed by atoms with Gasteiger partial charge in [0.2, 0.25) is 53.2 Å². The standard InChI is InChI=1S/C58H81N13O13/c1-31(2)24-42(68-51(76)41(22-15-23-62-57(60)61)66-48(74)29-64-58(83)84-30-40-38-20-13-11-18-36(38)37-19-12-14-21-39(37)40)54(79)71-49(33(5)6)55(80)70-44(27-46(59)72)53(78)69-43(26-35-16-9-8-10-17-35)52(77)65-34(7)50(75)63-28-47(73)67-45(56(81)82)25-32(3)4/h8-14,16-21,31-34,40-45,49H,15,22-30H2,1-7H3,(H2,59,72)(H,63,75)(H,64,83)(H,65,77)(H,66,74)(H,67,73)(H,68,76)(H,69,78)(H,70,80)(H,71,79)(H,81,82)(H4,60,61,62)/t34-,41-,42-,43-,44-,45-,49-/m0/s1. The van der Waals surface area contributed by atoms with E-state index in [9.17, 15) is 57.8 Å². The van der Waals surface area contributed by atoms with Gasteiger partial charge in [-0.3, -0.25) is 48.1 Å². The summed E-state index contributed by atoms with van der Waals surface area (Å²) in [5.41, 5.74) is 21.2. The van der Waals surface area contributed by atoms with E-state index in [1.165, 1.54) is 6.92 Å². The van der Waals surface area contributed by atoms with Crippen LogP contribution in [-0.2, 0) is 59.1 Å². The van der Waals surface area contributed by atoms with Gasteiger partial charge in [-0.2, -0.15) is 0 Å². The molecule has 7 atom stereocenters. The highest BCUT2D eigenvalue weighted by Gasteiger charge is 2.36. The average molecular weight is 1170 g/mol. The van der Waals surface area contributed by atoms with Crippen LogP contribution >= 0.6 is 0 Å². The molecular formula is C58H81N13O13. The van der Waals surface area contributed by atoms with Crippen molar-refractivity contribution >= 4 is 71.2 Å². The number of primary amides is 1.